The Bertz CT molecular complexity index is 1990. The number of ether oxygens (including phenoxy) is 13. The van der Waals surface area contributed by atoms with E-state index in [1.54, 1.807) is 18.2 Å². The highest BCUT2D eigenvalue weighted by atomic mass is 35.5. The molecule has 0 bridgehead atoms. The fourth-order valence-corrected chi connectivity index (χ4v) is 7.81. The summed E-state index contributed by atoms with van der Waals surface area (Å²) < 4.78 is 71.0. The lowest BCUT2D eigenvalue weighted by atomic mass is 10.2. The van der Waals surface area contributed by atoms with E-state index >= 15 is 0 Å². The first kappa shape index (κ1) is 83.5. The molecule has 0 fully saturated rings. The van der Waals surface area contributed by atoms with E-state index in [1.165, 1.54) is 6.92 Å². The number of nitrogens with zero attached hydrogens (tertiary/aromatic N) is 3. The number of hydrogen-bond acceptors (Lipinski definition) is 23. The standard InChI is InChI=1S/C59H102Cl2N6O23/c1-50(68)65(75)23-8-2-5-20-62-53(69)14-16-56(72)66(76)24-9-3-6-21-63-54(70)15-17-57(73)67(77)25-10-4-7-22-64-55(71)18-26-78-28-30-80-32-34-82-36-38-84-40-42-86-44-46-88-48-49-89-47-45-87-43-41-85-39-37-83-35-33-81-31-29-79-27-19-58(74)90-59-51(60)12-11-13-52(59)61/h11-13,75-77H,2-10,14-49H2,1H3,(H,62,69)(H,63,70)(H,64,71). The number of hydroxylamine groups is 6. The zero-order chi connectivity index (χ0) is 65.8. The number of nitrogens with one attached hydrogen (secondary N) is 3. The third-order valence-corrected chi connectivity index (χ3v) is 12.9. The molecule has 0 aliphatic carbocycles. The second kappa shape index (κ2) is 60.7. The largest absolute Gasteiger partial charge is 0.423 e. The van der Waals surface area contributed by atoms with Crippen LogP contribution in [-0.4, -0.2) is 270 Å². The first-order chi connectivity index (χ1) is 43.7. The Balaban J connectivity index is 1.75. The van der Waals surface area contributed by atoms with Crippen LogP contribution >= 0.6 is 23.2 Å². The molecule has 6 N–H and O–H groups in total. The predicted molar refractivity (Wildman–Crippen MR) is 326 cm³/mol. The first-order valence-electron chi connectivity index (χ1n) is 31.0. The van der Waals surface area contributed by atoms with Crippen LogP contribution in [0, 0.1) is 0 Å². The van der Waals surface area contributed by atoms with Crippen molar-refractivity contribution in [1.29, 1.82) is 0 Å². The number of benzene rings is 1. The van der Waals surface area contributed by atoms with Crippen molar-refractivity contribution in [2.45, 2.75) is 103 Å². The van der Waals surface area contributed by atoms with E-state index in [-0.39, 0.29) is 105 Å². The average Bonchev–Trinajstić information content (AvgIpc) is 3.35. The molecule has 0 aliphatic heterocycles. The molecule has 0 spiro atoms. The number of amides is 6. The van der Waals surface area contributed by atoms with E-state index in [0.29, 0.717) is 238 Å². The summed E-state index contributed by atoms with van der Waals surface area (Å²) in [5, 5.41) is 40.0. The summed E-state index contributed by atoms with van der Waals surface area (Å²) in [6.07, 6.45) is 5.22. The number of rotatable bonds is 64. The van der Waals surface area contributed by atoms with E-state index < -0.39 is 23.7 Å². The van der Waals surface area contributed by atoms with Gasteiger partial charge in [-0.3, -0.25) is 49.2 Å². The molecule has 0 atom stereocenters. The Morgan fingerprint density at radius 1 is 0.356 bits per heavy atom. The van der Waals surface area contributed by atoms with E-state index in [2.05, 4.69) is 16.0 Å². The molecule has 0 aromatic heterocycles. The lowest BCUT2D eigenvalue weighted by Gasteiger charge is -2.15. The molecule has 1 aromatic rings. The van der Waals surface area contributed by atoms with Gasteiger partial charge in [0.2, 0.25) is 35.4 Å². The second-order valence-electron chi connectivity index (χ2n) is 19.8. The average molecular weight is 1330 g/mol. The van der Waals surface area contributed by atoms with Crippen molar-refractivity contribution in [2.24, 2.45) is 0 Å². The number of unbranched alkanes of at least 4 members (excludes halogenated alkanes) is 6. The molecule has 1 rings (SSSR count). The molecule has 6 amide bonds. The van der Waals surface area contributed by atoms with Crippen molar-refractivity contribution < 1.29 is 111 Å². The van der Waals surface area contributed by atoms with Gasteiger partial charge in [-0.15, -0.1) is 0 Å². The Morgan fingerprint density at radius 3 is 0.922 bits per heavy atom. The quantitative estimate of drug-likeness (QED) is 0.0177. The molecule has 31 heteroatoms. The predicted octanol–water partition coefficient (Wildman–Crippen LogP) is 3.97. The highest BCUT2D eigenvalue weighted by molar-refractivity contribution is 6.37. The fourth-order valence-electron chi connectivity index (χ4n) is 7.33. The third-order valence-electron chi connectivity index (χ3n) is 12.3. The number of carbonyl (C=O) groups is 7. The third kappa shape index (κ3) is 53.0. The lowest BCUT2D eigenvalue weighted by Crippen LogP contribution is -2.31. The van der Waals surface area contributed by atoms with Gasteiger partial charge in [-0.2, -0.15) is 0 Å². The molecule has 520 valence electrons. The number of carbonyl (C=O) groups excluding carboxylic acids is 7. The van der Waals surface area contributed by atoms with Gasteiger partial charge in [-0.25, -0.2) is 15.2 Å². The highest BCUT2D eigenvalue weighted by Gasteiger charge is 2.16. The summed E-state index contributed by atoms with van der Waals surface area (Å²) in [4.78, 5) is 83.6. The summed E-state index contributed by atoms with van der Waals surface area (Å²) >= 11 is 12.0. The monoisotopic (exact) mass is 1330 g/mol. The molecule has 1 aromatic carbocycles. The summed E-state index contributed by atoms with van der Waals surface area (Å²) in [6.45, 7) is 12.5. The van der Waals surface area contributed by atoms with Crippen LogP contribution in [0.2, 0.25) is 10.0 Å². The van der Waals surface area contributed by atoms with Crippen LogP contribution in [-0.2, 0) is 90.4 Å². The number of halogens is 2. The summed E-state index contributed by atoms with van der Waals surface area (Å²) in [5.41, 5.74) is 0. The van der Waals surface area contributed by atoms with Gasteiger partial charge in [0.25, 0.3) is 0 Å². The summed E-state index contributed by atoms with van der Waals surface area (Å²) in [7, 11) is 0. The van der Waals surface area contributed by atoms with Crippen LogP contribution in [0.25, 0.3) is 0 Å². The maximum Gasteiger partial charge on any atom is 0.313 e. The minimum Gasteiger partial charge on any atom is -0.423 e. The Morgan fingerprint density at radius 2 is 0.622 bits per heavy atom. The number of esters is 1. The molecule has 29 nitrogen and oxygen atoms in total. The topological polar surface area (TPSA) is 346 Å². The van der Waals surface area contributed by atoms with Crippen LogP contribution < -0.4 is 20.7 Å². The zero-order valence-electron chi connectivity index (χ0n) is 52.7. The molecular formula is C59H102Cl2N6O23. The molecule has 0 saturated carbocycles. The zero-order valence-corrected chi connectivity index (χ0v) is 54.2. The lowest BCUT2D eigenvalue weighted by molar-refractivity contribution is -0.166. The molecule has 0 saturated heterocycles. The Hall–Kier alpha value is -4.51. The van der Waals surface area contributed by atoms with Crippen LogP contribution in [0.5, 0.6) is 5.75 Å². The molecule has 90 heavy (non-hydrogen) atoms. The van der Waals surface area contributed by atoms with Crippen LogP contribution in [0.15, 0.2) is 18.2 Å². The van der Waals surface area contributed by atoms with Crippen molar-refractivity contribution in [1.82, 2.24) is 31.1 Å². The smallest absolute Gasteiger partial charge is 0.313 e. The van der Waals surface area contributed by atoms with E-state index in [1.807, 2.05) is 0 Å². The van der Waals surface area contributed by atoms with E-state index in [9.17, 15) is 49.2 Å². The fraction of sp³-hybridized carbons (Fsp3) is 0.780. The van der Waals surface area contributed by atoms with Gasteiger partial charge in [-0.1, -0.05) is 29.3 Å². The molecule has 0 aliphatic rings. The van der Waals surface area contributed by atoms with E-state index in [4.69, 9.17) is 84.8 Å². The van der Waals surface area contributed by atoms with Crippen molar-refractivity contribution in [3.63, 3.8) is 0 Å². The first-order valence-corrected chi connectivity index (χ1v) is 31.8. The van der Waals surface area contributed by atoms with Crippen LogP contribution in [0.3, 0.4) is 0 Å². The van der Waals surface area contributed by atoms with Gasteiger partial charge in [0.05, 0.1) is 175 Å². The van der Waals surface area contributed by atoms with E-state index in [0.717, 1.165) is 0 Å². The maximum atomic E-state index is 12.3. The van der Waals surface area contributed by atoms with Gasteiger partial charge in [0.1, 0.15) is 0 Å². The second-order valence-corrected chi connectivity index (χ2v) is 20.6. The van der Waals surface area contributed by atoms with Gasteiger partial charge in [0.15, 0.2) is 5.75 Å². The summed E-state index contributed by atoms with van der Waals surface area (Å²) in [5.74, 6) is -2.73. The van der Waals surface area contributed by atoms with Crippen LogP contribution in [0.1, 0.15) is 103 Å². The van der Waals surface area contributed by atoms with Crippen molar-refractivity contribution >= 4 is 64.6 Å². The maximum absolute atomic E-state index is 12.3. The van der Waals surface area contributed by atoms with Crippen molar-refractivity contribution in [3.05, 3.63) is 28.2 Å². The Labute approximate surface area is 539 Å². The number of hydrogen-bond donors (Lipinski definition) is 6. The van der Waals surface area contributed by atoms with Crippen molar-refractivity contribution in [3.8, 4) is 5.75 Å². The van der Waals surface area contributed by atoms with Gasteiger partial charge in [0, 0.05) is 78.3 Å². The van der Waals surface area contributed by atoms with Crippen LogP contribution in [0.4, 0.5) is 0 Å². The molecule has 0 heterocycles. The Kier molecular flexibility index (Phi) is 56.3. The van der Waals surface area contributed by atoms with Gasteiger partial charge < -0.3 is 77.5 Å². The van der Waals surface area contributed by atoms with Crippen molar-refractivity contribution in [2.75, 3.05) is 198 Å². The SMILES string of the molecule is CC(=O)N(O)CCCCCNC(=O)CCC(=O)N(O)CCCCCNC(=O)CCC(=O)N(O)CCCCCNC(=O)CCOCCOCCOCCOCCOCCOCCOCCOCCOCCOCCOCCOCCC(=O)Oc1c(Cl)cccc1Cl. The summed E-state index contributed by atoms with van der Waals surface area (Å²) in [6, 6.07) is 4.84. The number of para-hydroxylation sites is 1. The molecular weight excluding hydrogens is 1230 g/mol. The minimum absolute atomic E-state index is 0.0518. The molecule has 0 unspecified atom stereocenters. The van der Waals surface area contributed by atoms with Gasteiger partial charge in [-0.05, 0) is 69.9 Å². The highest BCUT2D eigenvalue weighted by Crippen LogP contribution is 2.32. The van der Waals surface area contributed by atoms with Gasteiger partial charge >= 0.3 is 5.97 Å². The molecule has 0 radical (unpaired) electrons. The normalized spacial score (nSPS) is 11.2. The minimum atomic E-state index is -0.574.